The summed E-state index contributed by atoms with van der Waals surface area (Å²) in [7, 11) is 0. The highest BCUT2D eigenvalue weighted by Gasteiger charge is 2.05. The average Bonchev–Trinajstić information content (AvgIpc) is 2.52. The summed E-state index contributed by atoms with van der Waals surface area (Å²) in [5.41, 5.74) is 3.50. The van der Waals surface area contributed by atoms with E-state index in [4.69, 9.17) is 0 Å². The van der Waals surface area contributed by atoms with E-state index in [2.05, 4.69) is 46.8 Å². The molecule has 0 aliphatic heterocycles. The summed E-state index contributed by atoms with van der Waals surface area (Å²) < 4.78 is 0. The van der Waals surface area contributed by atoms with E-state index in [0.717, 1.165) is 16.9 Å². The van der Waals surface area contributed by atoms with Gasteiger partial charge in [-0.25, -0.2) is 4.99 Å². The molecule has 1 heterocycles. The van der Waals surface area contributed by atoms with Crippen molar-refractivity contribution in [1.29, 1.82) is 0 Å². The predicted octanol–water partition coefficient (Wildman–Crippen LogP) is 3.15. The van der Waals surface area contributed by atoms with Crippen LogP contribution in [0, 0.1) is 13.8 Å². The largest absolute Gasteiger partial charge is 0.339 e. The number of benzene rings is 1. The van der Waals surface area contributed by atoms with Crippen LogP contribution in [0.4, 0.5) is 5.82 Å². The van der Waals surface area contributed by atoms with Crippen LogP contribution >= 0.6 is 0 Å². The second-order valence-electron chi connectivity index (χ2n) is 3.57. The monoisotopic (exact) mass is 199 g/mol. The molecule has 0 amide bonds. The summed E-state index contributed by atoms with van der Waals surface area (Å²) in [6.07, 6.45) is 1.45. The number of nitrogens with one attached hydrogen (secondary N) is 1. The minimum atomic E-state index is 0.850. The second kappa shape index (κ2) is 3.69. The SMILES string of the molecule is C=NC=Nc1[nH]c2cc(C)ccc2c1C. The van der Waals surface area contributed by atoms with Crippen LogP contribution in [0.5, 0.6) is 0 Å². The third-order valence-corrected chi connectivity index (χ3v) is 2.46. The molecule has 2 aromatic rings. The second-order valence-corrected chi connectivity index (χ2v) is 3.57. The smallest absolute Gasteiger partial charge is 0.135 e. The van der Waals surface area contributed by atoms with Crippen molar-refractivity contribution >= 4 is 29.8 Å². The first kappa shape index (κ1) is 9.65. The molecule has 0 atom stereocenters. The molecule has 1 aromatic heterocycles. The van der Waals surface area contributed by atoms with E-state index in [9.17, 15) is 0 Å². The number of rotatable bonds is 2. The van der Waals surface area contributed by atoms with Gasteiger partial charge < -0.3 is 4.98 Å². The van der Waals surface area contributed by atoms with Gasteiger partial charge in [-0.15, -0.1) is 0 Å². The molecule has 0 aliphatic carbocycles. The molecule has 0 bridgehead atoms. The molecular weight excluding hydrogens is 186 g/mol. The molecular formula is C12H13N3. The van der Waals surface area contributed by atoms with Crippen LogP contribution in [0.3, 0.4) is 0 Å². The summed E-state index contributed by atoms with van der Waals surface area (Å²) in [5, 5.41) is 1.21. The lowest BCUT2D eigenvalue weighted by molar-refractivity contribution is 1.33. The molecule has 0 fully saturated rings. The number of nitrogens with zero attached hydrogens (tertiary/aromatic N) is 2. The third-order valence-electron chi connectivity index (χ3n) is 2.46. The Morgan fingerprint density at radius 3 is 2.87 bits per heavy atom. The molecule has 0 unspecified atom stereocenters. The van der Waals surface area contributed by atoms with Gasteiger partial charge in [-0.3, -0.25) is 4.99 Å². The van der Waals surface area contributed by atoms with Crippen molar-refractivity contribution in [2.45, 2.75) is 13.8 Å². The normalized spacial score (nSPS) is 11.3. The number of H-pyrrole nitrogens is 1. The van der Waals surface area contributed by atoms with Crippen LogP contribution in [0.2, 0.25) is 0 Å². The van der Waals surface area contributed by atoms with E-state index in [0.29, 0.717) is 0 Å². The Hall–Kier alpha value is -1.90. The molecule has 1 aromatic carbocycles. The Balaban J connectivity index is 2.63. The minimum Gasteiger partial charge on any atom is -0.339 e. The maximum absolute atomic E-state index is 4.18. The molecule has 2 rings (SSSR count). The zero-order chi connectivity index (χ0) is 10.8. The average molecular weight is 199 g/mol. The molecule has 3 nitrogen and oxygen atoms in total. The Morgan fingerprint density at radius 1 is 1.33 bits per heavy atom. The Kier molecular flexibility index (Phi) is 2.37. The number of aromatic nitrogens is 1. The highest BCUT2D eigenvalue weighted by atomic mass is 15.0. The fourth-order valence-corrected chi connectivity index (χ4v) is 1.67. The lowest BCUT2D eigenvalue weighted by Crippen LogP contribution is -1.71. The first-order chi connectivity index (χ1) is 7.22. The molecule has 0 aliphatic rings. The highest BCUT2D eigenvalue weighted by Crippen LogP contribution is 2.27. The van der Waals surface area contributed by atoms with Gasteiger partial charge in [0, 0.05) is 16.5 Å². The number of hydrogen-bond acceptors (Lipinski definition) is 1. The van der Waals surface area contributed by atoms with Crippen molar-refractivity contribution in [3.63, 3.8) is 0 Å². The van der Waals surface area contributed by atoms with Gasteiger partial charge in [-0.2, -0.15) is 0 Å². The zero-order valence-electron chi connectivity index (χ0n) is 8.91. The van der Waals surface area contributed by atoms with Crippen molar-refractivity contribution in [3.8, 4) is 0 Å². The zero-order valence-corrected chi connectivity index (χ0v) is 8.91. The molecule has 15 heavy (non-hydrogen) atoms. The number of hydrogen-bond donors (Lipinski definition) is 1. The number of fused-ring (bicyclic) bond motifs is 1. The Labute approximate surface area is 88.6 Å². The minimum absolute atomic E-state index is 0.850. The van der Waals surface area contributed by atoms with Crippen LogP contribution < -0.4 is 0 Å². The van der Waals surface area contributed by atoms with Crippen molar-refractivity contribution < 1.29 is 0 Å². The van der Waals surface area contributed by atoms with Gasteiger partial charge in [0.2, 0.25) is 0 Å². The Bertz CT molecular complexity index is 535. The maximum Gasteiger partial charge on any atom is 0.135 e. The number of aliphatic imine (C=N–C) groups is 2. The summed E-state index contributed by atoms with van der Waals surface area (Å²) in [4.78, 5) is 11.0. The van der Waals surface area contributed by atoms with Gasteiger partial charge in [-0.1, -0.05) is 12.1 Å². The maximum atomic E-state index is 4.18. The molecule has 0 saturated carbocycles. The van der Waals surface area contributed by atoms with Crippen LogP contribution in [0.1, 0.15) is 11.1 Å². The topological polar surface area (TPSA) is 40.5 Å². The van der Waals surface area contributed by atoms with Crippen molar-refractivity contribution in [2.75, 3.05) is 0 Å². The van der Waals surface area contributed by atoms with Gasteiger partial charge in [0.1, 0.15) is 12.2 Å². The molecule has 0 saturated heterocycles. The molecule has 1 N–H and O–H groups in total. The highest BCUT2D eigenvalue weighted by molar-refractivity contribution is 5.89. The fourth-order valence-electron chi connectivity index (χ4n) is 1.67. The van der Waals surface area contributed by atoms with E-state index in [1.165, 1.54) is 17.3 Å². The number of aryl methyl sites for hydroxylation is 2. The van der Waals surface area contributed by atoms with Gasteiger partial charge in [-0.05, 0) is 32.2 Å². The summed E-state index contributed by atoms with van der Waals surface area (Å²) in [6, 6.07) is 6.32. The fraction of sp³-hybridized carbons (Fsp3) is 0.167. The first-order valence-corrected chi connectivity index (χ1v) is 4.79. The molecule has 0 radical (unpaired) electrons. The van der Waals surface area contributed by atoms with Crippen LogP contribution in [0.15, 0.2) is 28.2 Å². The van der Waals surface area contributed by atoms with Crippen LogP contribution in [0.25, 0.3) is 10.9 Å². The van der Waals surface area contributed by atoms with E-state index >= 15 is 0 Å². The standard InChI is InChI=1S/C12H13N3/c1-8-4-5-10-9(2)12(14-7-13-3)15-11(10)6-8/h4-7,15H,3H2,1-2H3. The van der Waals surface area contributed by atoms with Crippen LogP contribution in [-0.2, 0) is 0 Å². The van der Waals surface area contributed by atoms with Crippen molar-refractivity contribution in [2.24, 2.45) is 9.98 Å². The summed E-state index contributed by atoms with van der Waals surface area (Å²) in [6.45, 7) is 7.48. The lowest BCUT2D eigenvalue weighted by atomic mass is 10.1. The molecule has 3 heteroatoms. The summed E-state index contributed by atoms with van der Waals surface area (Å²) >= 11 is 0. The van der Waals surface area contributed by atoms with E-state index < -0.39 is 0 Å². The van der Waals surface area contributed by atoms with Crippen LogP contribution in [-0.4, -0.2) is 18.0 Å². The van der Waals surface area contributed by atoms with Crippen molar-refractivity contribution in [3.05, 3.63) is 29.3 Å². The first-order valence-electron chi connectivity index (χ1n) is 4.79. The third kappa shape index (κ3) is 1.68. The van der Waals surface area contributed by atoms with Gasteiger partial charge in [0.15, 0.2) is 0 Å². The lowest BCUT2D eigenvalue weighted by Gasteiger charge is -1.92. The van der Waals surface area contributed by atoms with Gasteiger partial charge in [0.25, 0.3) is 0 Å². The van der Waals surface area contributed by atoms with E-state index in [-0.39, 0.29) is 0 Å². The quantitative estimate of drug-likeness (QED) is 0.570. The predicted molar refractivity (Wildman–Crippen MR) is 65.5 cm³/mol. The van der Waals surface area contributed by atoms with E-state index in [1.54, 1.807) is 0 Å². The molecule has 76 valence electrons. The van der Waals surface area contributed by atoms with Crippen molar-refractivity contribution in [1.82, 2.24) is 4.98 Å². The van der Waals surface area contributed by atoms with E-state index in [1.807, 2.05) is 6.92 Å². The summed E-state index contributed by atoms with van der Waals surface area (Å²) in [5.74, 6) is 0.850. The molecule has 0 spiro atoms. The number of aromatic amines is 1. The Morgan fingerprint density at radius 2 is 2.13 bits per heavy atom. The van der Waals surface area contributed by atoms with Gasteiger partial charge >= 0.3 is 0 Å². The van der Waals surface area contributed by atoms with Gasteiger partial charge in [0.05, 0.1) is 0 Å².